The maximum atomic E-state index is 11.5. The van der Waals surface area contributed by atoms with Gasteiger partial charge in [0.2, 0.25) is 5.91 Å². The van der Waals surface area contributed by atoms with Crippen molar-refractivity contribution in [3.8, 4) is 5.75 Å². The number of amides is 1. The van der Waals surface area contributed by atoms with E-state index in [9.17, 15) is 4.79 Å². The zero-order chi connectivity index (χ0) is 14.2. The third-order valence-electron chi connectivity index (χ3n) is 3.34. The first-order valence-corrected chi connectivity index (χ1v) is 6.98. The summed E-state index contributed by atoms with van der Waals surface area (Å²) in [5.74, 6) is 1.16. The molecule has 0 unspecified atom stereocenters. The lowest BCUT2D eigenvalue weighted by molar-refractivity contribution is -0.126. The molecule has 2 rings (SSSR count). The molecule has 0 aliphatic carbocycles. The lowest BCUT2D eigenvalue weighted by Gasteiger charge is -2.25. The first-order chi connectivity index (χ1) is 9.79. The zero-order valence-electron chi connectivity index (χ0n) is 12.3. The molecule has 6 heteroatoms. The van der Waals surface area contributed by atoms with Crippen molar-refractivity contribution in [3.63, 3.8) is 0 Å². The minimum Gasteiger partial charge on any atom is -0.497 e. The van der Waals surface area contributed by atoms with Crippen LogP contribution in [0.1, 0.15) is 12.0 Å². The second-order valence-corrected chi connectivity index (χ2v) is 4.90. The highest BCUT2D eigenvalue weighted by molar-refractivity contribution is 5.85. The molecule has 1 aliphatic heterocycles. The van der Waals surface area contributed by atoms with Crippen molar-refractivity contribution in [2.24, 2.45) is 5.92 Å². The number of halogens is 1. The Hall–Kier alpha value is -1.30. The molecular formula is C15H23ClN2O3. The fourth-order valence-electron chi connectivity index (χ4n) is 1.92. The molecule has 1 aromatic carbocycles. The van der Waals surface area contributed by atoms with Gasteiger partial charge in [-0.1, -0.05) is 12.1 Å². The molecule has 0 atom stereocenters. The minimum absolute atomic E-state index is 0. The predicted molar refractivity (Wildman–Crippen MR) is 83.9 cm³/mol. The van der Waals surface area contributed by atoms with Gasteiger partial charge in [-0.2, -0.15) is 0 Å². The monoisotopic (exact) mass is 314 g/mol. The molecule has 0 aromatic heterocycles. The van der Waals surface area contributed by atoms with Crippen molar-refractivity contribution in [1.82, 2.24) is 10.6 Å². The molecule has 5 nitrogen and oxygen atoms in total. The van der Waals surface area contributed by atoms with E-state index in [1.165, 1.54) is 0 Å². The van der Waals surface area contributed by atoms with Crippen LogP contribution in [0.15, 0.2) is 24.3 Å². The van der Waals surface area contributed by atoms with E-state index in [1.54, 1.807) is 7.11 Å². The summed E-state index contributed by atoms with van der Waals surface area (Å²) in [5.41, 5.74) is 1.12. The van der Waals surface area contributed by atoms with Gasteiger partial charge in [-0.15, -0.1) is 12.4 Å². The van der Waals surface area contributed by atoms with Crippen LogP contribution in [0.2, 0.25) is 0 Å². The van der Waals surface area contributed by atoms with E-state index in [1.807, 2.05) is 24.3 Å². The second kappa shape index (κ2) is 9.60. The van der Waals surface area contributed by atoms with Crippen LogP contribution in [0, 0.1) is 5.92 Å². The van der Waals surface area contributed by atoms with E-state index in [0.29, 0.717) is 19.8 Å². The lowest BCUT2D eigenvalue weighted by Crippen LogP contribution is -2.50. The summed E-state index contributed by atoms with van der Waals surface area (Å²) in [4.78, 5) is 11.5. The van der Waals surface area contributed by atoms with Crippen LogP contribution in [0.25, 0.3) is 0 Å². The van der Waals surface area contributed by atoms with Crippen molar-refractivity contribution >= 4 is 18.3 Å². The maximum Gasteiger partial charge on any atom is 0.225 e. The van der Waals surface area contributed by atoms with Crippen LogP contribution < -0.4 is 15.4 Å². The first kappa shape index (κ1) is 17.8. The molecule has 1 aromatic rings. The number of benzene rings is 1. The lowest BCUT2D eigenvalue weighted by atomic mass is 10.0. The molecule has 0 saturated carbocycles. The molecule has 2 N–H and O–H groups in total. The number of carbonyl (C=O) groups is 1. The summed E-state index contributed by atoms with van der Waals surface area (Å²) in [6.45, 7) is 3.53. The van der Waals surface area contributed by atoms with E-state index in [4.69, 9.17) is 9.47 Å². The van der Waals surface area contributed by atoms with Gasteiger partial charge in [0.05, 0.1) is 19.6 Å². The largest absolute Gasteiger partial charge is 0.497 e. The average molecular weight is 315 g/mol. The van der Waals surface area contributed by atoms with Crippen molar-refractivity contribution < 1.29 is 14.3 Å². The fourth-order valence-corrected chi connectivity index (χ4v) is 1.92. The van der Waals surface area contributed by atoms with Gasteiger partial charge in [0, 0.05) is 26.2 Å². The third kappa shape index (κ3) is 5.91. The van der Waals surface area contributed by atoms with Crippen molar-refractivity contribution in [3.05, 3.63) is 29.8 Å². The Morgan fingerprint density at radius 1 is 1.33 bits per heavy atom. The number of hydrogen-bond acceptors (Lipinski definition) is 4. The van der Waals surface area contributed by atoms with Crippen LogP contribution >= 0.6 is 12.4 Å². The summed E-state index contributed by atoms with van der Waals surface area (Å²) in [7, 11) is 1.65. The highest BCUT2D eigenvalue weighted by atomic mass is 35.5. The topological polar surface area (TPSA) is 59.6 Å². The third-order valence-corrected chi connectivity index (χ3v) is 3.34. The number of methoxy groups -OCH3 is 1. The Bertz CT molecular complexity index is 421. The van der Waals surface area contributed by atoms with Crippen LogP contribution in [-0.2, 0) is 16.1 Å². The van der Waals surface area contributed by atoms with E-state index in [0.717, 1.165) is 30.8 Å². The Kier molecular flexibility index (Phi) is 8.12. The van der Waals surface area contributed by atoms with Crippen LogP contribution in [0.4, 0.5) is 0 Å². The first-order valence-electron chi connectivity index (χ1n) is 6.98. The van der Waals surface area contributed by atoms with Gasteiger partial charge < -0.3 is 20.1 Å². The molecule has 0 spiro atoms. The summed E-state index contributed by atoms with van der Waals surface area (Å²) >= 11 is 0. The van der Waals surface area contributed by atoms with E-state index < -0.39 is 0 Å². The summed E-state index contributed by atoms with van der Waals surface area (Å²) in [6, 6.07) is 7.82. The van der Waals surface area contributed by atoms with Gasteiger partial charge in [-0.05, 0) is 24.1 Å². The maximum absolute atomic E-state index is 11.5. The summed E-state index contributed by atoms with van der Waals surface area (Å²) < 4.78 is 10.7. The Morgan fingerprint density at radius 3 is 2.62 bits per heavy atom. The fraction of sp³-hybridized carbons (Fsp3) is 0.533. The van der Waals surface area contributed by atoms with Crippen LogP contribution in [0.5, 0.6) is 5.75 Å². The summed E-state index contributed by atoms with van der Waals surface area (Å²) in [6.07, 6.45) is 0.835. The van der Waals surface area contributed by atoms with Crippen molar-refractivity contribution in [2.75, 3.05) is 33.4 Å². The molecule has 21 heavy (non-hydrogen) atoms. The van der Waals surface area contributed by atoms with Crippen molar-refractivity contribution in [1.29, 1.82) is 0 Å². The van der Waals surface area contributed by atoms with Gasteiger partial charge in [0.15, 0.2) is 0 Å². The number of rotatable bonds is 8. The smallest absolute Gasteiger partial charge is 0.225 e. The van der Waals surface area contributed by atoms with Crippen LogP contribution in [0.3, 0.4) is 0 Å². The van der Waals surface area contributed by atoms with Gasteiger partial charge >= 0.3 is 0 Å². The average Bonchev–Trinajstić information content (AvgIpc) is 2.41. The number of hydrogen-bond donors (Lipinski definition) is 2. The minimum atomic E-state index is 0. The molecule has 1 heterocycles. The SMILES string of the molecule is COc1ccc(COCCCNC(=O)C2CNC2)cc1.Cl. The number of carbonyl (C=O) groups excluding carboxylic acids is 1. The Labute approximate surface area is 131 Å². The van der Waals surface area contributed by atoms with E-state index >= 15 is 0 Å². The number of ether oxygens (including phenoxy) is 2. The van der Waals surface area contributed by atoms with Gasteiger partial charge in [-0.25, -0.2) is 0 Å². The van der Waals surface area contributed by atoms with Gasteiger partial charge in [0.25, 0.3) is 0 Å². The molecule has 1 aliphatic rings. The Balaban J connectivity index is 0.00000220. The zero-order valence-corrected chi connectivity index (χ0v) is 13.1. The Morgan fingerprint density at radius 2 is 2.05 bits per heavy atom. The highest BCUT2D eigenvalue weighted by Gasteiger charge is 2.23. The normalized spacial score (nSPS) is 14.0. The molecule has 118 valence electrons. The second-order valence-electron chi connectivity index (χ2n) is 4.90. The highest BCUT2D eigenvalue weighted by Crippen LogP contribution is 2.11. The van der Waals surface area contributed by atoms with E-state index in [-0.39, 0.29) is 24.2 Å². The predicted octanol–water partition coefficient (Wildman–Crippen LogP) is 1.36. The van der Waals surface area contributed by atoms with E-state index in [2.05, 4.69) is 10.6 Å². The molecule has 1 saturated heterocycles. The van der Waals surface area contributed by atoms with Crippen LogP contribution in [-0.4, -0.2) is 39.3 Å². The molecule has 0 radical (unpaired) electrons. The molecular weight excluding hydrogens is 292 g/mol. The van der Waals surface area contributed by atoms with Gasteiger partial charge in [-0.3, -0.25) is 4.79 Å². The summed E-state index contributed by atoms with van der Waals surface area (Å²) in [5, 5.41) is 6.01. The standard InChI is InChI=1S/C15H22N2O3.ClH/c1-19-14-5-3-12(4-6-14)11-20-8-2-7-17-15(18)13-9-16-10-13;/h3-6,13,16H,2,7-11H2,1H3,(H,17,18);1H. The molecule has 0 bridgehead atoms. The van der Waals surface area contributed by atoms with Crippen molar-refractivity contribution in [2.45, 2.75) is 13.0 Å². The number of nitrogens with one attached hydrogen (secondary N) is 2. The molecule has 1 fully saturated rings. The van der Waals surface area contributed by atoms with Gasteiger partial charge in [0.1, 0.15) is 5.75 Å². The quantitative estimate of drug-likeness (QED) is 0.711. The molecule has 1 amide bonds.